The minimum atomic E-state index is -4.70. The summed E-state index contributed by atoms with van der Waals surface area (Å²) in [6.45, 7) is 6.29. The van der Waals surface area contributed by atoms with Crippen molar-refractivity contribution in [2.45, 2.75) is 64.4 Å². The molecule has 1 aliphatic heterocycles. The number of benzene rings is 1. The van der Waals surface area contributed by atoms with Crippen molar-refractivity contribution in [3.05, 3.63) is 48.2 Å². The molecule has 1 N–H and O–H groups in total. The van der Waals surface area contributed by atoms with Gasteiger partial charge >= 0.3 is 6.36 Å². The van der Waals surface area contributed by atoms with E-state index in [9.17, 15) is 18.0 Å². The van der Waals surface area contributed by atoms with Crippen LogP contribution < -0.4 is 15.0 Å². The van der Waals surface area contributed by atoms with Crippen LogP contribution in [0.5, 0.6) is 5.75 Å². The van der Waals surface area contributed by atoms with Crippen LogP contribution in [0.4, 0.5) is 24.7 Å². The standard InChI is InChI=1S/C25H31F3N4O2/c1-24(2)16-31(20-8-10-21(11-9-20)34-25(26,27)28)17-32(24)15-18-12-13-29-22(14-18)30-23(33)19-6-4-3-5-7-19/h8-14,19H,3-7,15-17H2,1-2H3,(H,29,30,33). The number of carbonyl (C=O) groups is 1. The van der Waals surface area contributed by atoms with Crippen LogP contribution in [0.15, 0.2) is 42.6 Å². The second-order valence-corrected chi connectivity index (χ2v) is 9.76. The highest BCUT2D eigenvalue weighted by Crippen LogP contribution is 2.32. The summed E-state index contributed by atoms with van der Waals surface area (Å²) in [5, 5.41) is 2.98. The average Bonchev–Trinajstić information content (AvgIpc) is 3.08. The molecule has 1 aromatic carbocycles. The van der Waals surface area contributed by atoms with Crippen LogP contribution in [0.3, 0.4) is 0 Å². The molecular formula is C25H31F3N4O2. The maximum atomic E-state index is 12.6. The van der Waals surface area contributed by atoms with Crippen LogP contribution in [0, 0.1) is 5.92 Å². The van der Waals surface area contributed by atoms with Crippen molar-refractivity contribution >= 4 is 17.4 Å². The van der Waals surface area contributed by atoms with E-state index >= 15 is 0 Å². The lowest BCUT2D eigenvalue weighted by molar-refractivity contribution is -0.274. The van der Waals surface area contributed by atoms with E-state index in [0.717, 1.165) is 43.5 Å². The van der Waals surface area contributed by atoms with Gasteiger partial charge in [0.15, 0.2) is 0 Å². The van der Waals surface area contributed by atoms with Gasteiger partial charge in [0.25, 0.3) is 0 Å². The molecule has 184 valence electrons. The van der Waals surface area contributed by atoms with Crippen molar-refractivity contribution in [2.24, 2.45) is 5.92 Å². The van der Waals surface area contributed by atoms with Gasteiger partial charge in [-0.2, -0.15) is 0 Å². The van der Waals surface area contributed by atoms with Crippen molar-refractivity contribution < 1.29 is 22.7 Å². The molecule has 1 aliphatic carbocycles. The number of carbonyl (C=O) groups excluding carboxylic acids is 1. The summed E-state index contributed by atoms with van der Waals surface area (Å²) in [6, 6.07) is 9.82. The van der Waals surface area contributed by atoms with Crippen molar-refractivity contribution in [2.75, 3.05) is 23.4 Å². The minimum Gasteiger partial charge on any atom is -0.406 e. The van der Waals surface area contributed by atoms with Crippen molar-refractivity contribution in [3.8, 4) is 5.75 Å². The van der Waals surface area contributed by atoms with Crippen molar-refractivity contribution in [1.29, 1.82) is 0 Å². The first kappa shape index (κ1) is 24.3. The molecule has 2 fully saturated rings. The lowest BCUT2D eigenvalue weighted by Gasteiger charge is -2.29. The van der Waals surface area contributed by atoms with Gasteiger partial charge in [0.05, 0.1) is 6.67 Å². The van der Waals surface area contributed by atoms with Gasteiger partial charge < -0.3 is 15.0 Å². The zero-order chi connectivity index (χ0) is 24.3. The Kier molecular flexibility index (Phi) is 7.02. The van der Waals surface area contributed by atoms with Crippen LogP contribution >= 0.6 is 0 Å². The van der Waals surface area contributed by atoms with E-state index in [0.29, 0.717) is 19.0 Å². The molecule has 0 bridgehead atoms. The molecule has 1 aromatic heterocycles. The number of pyridine rings is 1. The zero-order valence-electron chi connectivity index (χ0n) is 19.6. The smallest absolute Gasteiger partial charge is 0.406 e. The van der Waals surface area contributed by atoms with E-state index in [1.54, 1.807) is 18.3 Å². The van der Waals surface area contributed by atoms with E-state index in [1.165, 1.54) is 18.6 Å². The third-order valence-electron chi connectivity index (χ3n) is 6.64. The Balaban J connectivity index is 1.39. The molecule has 1 saturated heterocycles. The molecule has 0 spiro atoms. The Hall–Kier alpha value is -2.81. The highest BCUT2D eigenvalue weighted by atomic mass is 19.4. The predicted molar refractivity (Wildman–Crippen MR) is 124 cm³/mol. The number of aromatic nitrogens is 1. The third kappa shape index (κ3) is 6.20. The second-order valence-electron chi connectivity index (χ2n) is 9.76. The Labute approximate surface area is 198 Å². The van der Waals surface area contributed by atoms with Crippen LogP contribution in [0.1, 0.15) is 51.5 Å². The Morgan fingerprint density at radius 2 is 1.85 bits per heavy atom. The average molecular weight is 477 g/mol. The number of hydrogen-bond donors (Lipinski definition) is 1. The molecule has 9 heteroatoms. The van der Waals surface area contributed by atoms with E-state index in [-0.39, 0.29) is 23.1 Å². The van der Waals surface area contributed by atoms with Gasteiger partial charge in [0.2, 0.25) is 5.91 Å². The summed E-state index contributed by atoms with van der Waals surface area (Å²) in [7, 11) is 0. The molecule has 2 heterocycles. The summed E-state index contributed by atoms with van der Waals surface area (Å²) in [5.41, 5.74) is 1.72. The number of nitrogens with zero attached hydrogens (tertiary/aromatic N) is 3. The predicted octanol–water partition coefficient (Wildman–Crippen LogP) is 5.56. The van der Waals surface area contributed by atoms with Crippen LogP contribution in [-0.2, 0) is 11.3 Å². The fourth-order valence-corrected chi connectivity index (χ4v) is 4.76. The number of hydrogen-bond acceptors (Lipinski definition) is 5. The number of alkyl halides is 3. The van der Waals surface area contributed by atoms with Gasteiger partial charge in [-0.15, -0.1) is 13.2 Å². The van der Waals surface area contributed by atoms with Gasteiger partial charge in [-0.1, -0.05) is 19.3 Å². The first-order valence-corrected chi connectivity index (χ1v) is 11.7. The molecule has 1 saturated carbocycles. The quantitative estimate of drug-likeness (QED) is 0.592. The molecule has 0 unspecified atom stereocenters. The molecule has 0 radical (unpaired) electrons. The number of anilines is 2. The summed E-state index contributed by atoms with van der Waals surface area (Å²) in [6.07, 6.45) is 2.29. The summed E-state index contributed by atoms with van der Waals surface area (Å²) < 4.78 is 41.3. The number of nitrogens with one attached hydrogen (secondary N) is 1. The monoisotopic (exact) mass is 476 g/mol. The van der Waals surface area contributed by atoms with E-state index in [1.807, 2.05) is 12.1 Å². The lowest BCUT2D eigenvalue weighted by atomic mass is 9.89. The molecule has 1 amide bonds. The molecule has 2 aromatic rings. The maximum Gasteiger partial charge on any atom is 0.573 e. The van der Waals surface area contributed by atoms with Gasteiger partial charge in [0, 0.05) is 36.4 Å². The maximum absolute atomic E-state index is 12.6. The van der Waals surface area contributed by atoms with Crippen LogP contribution in [-0.4, -0.2) is 40.9 Å². The van der Waals surface area contributed by atoms with E-state index < -0.39 is 6.36 Å². The molecular weight excluding hydrogens is 445 g/mol. The fraction of sp³-hybridized carbons (Fsp3) is 0.520. The van der Waals surface area contributed by atoms with E-state index in [2.05, 4.69) is 38.7 Å². The Bertz CT molecular complexity index is 988. The Morgan fingerprint density at radius 3 is 2.53 bits per heavy atom. The fourth-order valence-electron chi connectivity index (χ4n) is 4.76. The summed E-state index contributed by atoms with van der Waals surface area (Å²) in [4.78, 5) is 21.3. The van der Waals surface area contributed by atoms with Crippen LogP contribution in [0.2, 0.25) is 0 Å². The number of rotatable bonds is 6. The first-order valence-electron chi connectivity index (χ1n) is 11.7. The van der Waals surface area contributed by atoms with Gasteiger partial charge in [-0.3, -0.25) is 9.69 Å². The van der Waals surface area contributed by atoms with Crippen LogP contribution in [0.25, 0.3) is 0 Å². The van der Waals surface area contributed by atoms with Crippen molar-refractivity contribution in [3.63, 3.8) is 0 Å². The largest absolute Gasteiger partial charge is 0.573 e. The SMILES string of the molecule is CC1(C)CN(c2ccc(OC(F)(F)F)cc2)CN1Cc1ccnc(NC(=O)C2CCCCC2)c1. The van der Waals surface area contributed by atoms with Gasteiger partial charge in [-0.05, 0) is 68.7 Å². The van der Waals surface area contributed by atoms with Gasteiger partial charge in [-0.25, -0.2) is 4.98 Å². The highest BCUT2D eigenvalue weighted by Gasteiger charge is 2.37. The second kappa shape index (κ2) is 9.82. The number of halogens is 3. The lowest BCUT2D eigenvalue weighted by Crippen LogP contribution is -2.39. The molecule has 4 rings (SSSR count). The van der Waals surface area contributed by atoms with Gasteiger partial charge in [0.1, 0.15) is 11.6 Å². The topological polar surface area (TPSA) is 57.7 Å². The summed E-state index contributed by atoms with van der Waals surface area (Å²) >= 11 is 0. The number of amides is 1. The van der Waals surface area contributed by atoms with E-state index in [4.69, 9.17) is 0 Å². The molecule has 2 aliphatic rings. The molecule has 34 heavy (non-hydrogen) atoms. The normalized spacial score (nSPS) is 19.3. The number of ether oxygens (including phenoxy) is 1. The van der Waals surface area contributed by atoms with Crippen molar-refractivity contribution in [1.82, 2.24) is 9.88 Å². The highest BCUT2D eigenvalue weighted by molar-refractivity contribution is 5.91. The zero-order valence-corrected chi connectivity index (χ0v) is 19.6. The molecule has 6 nitrogen and oxygen atoms in total. The minimum absolute atomic E-state index is 0.0509. The Morgan fingerprint density at radius 1 is 1.15 bits per heavy atom. The first-order chi connectivity index (χ1) is 16.1. The third-order valence-corrected chi connectivity index (χ3v) is 6.64. The molecule has 0 atom stereocenters. The summed E-state index contributed by atoms with van der Waals surface area (Å²) in [5.74, 6) is 0.460.